The Kier molecular flexibility index (Phi) is 6.67. The number of aromatic nitrogens is 1. The van der Waals surface area contributed by atoms with Gasteiger partial charge in [0.25, 0.3) is 5.91 Å². The van der Waals surface area contributed by atoms with Crippen molar-refractivity contribution < 1.29 is 28.7 Å². The number of esters is 1. The van der Waals surface area contributed by atoms with Crippen molar-refractivity contribution in [3.8, 4) is 5.75 Å². The lowest BCUT2D eigenvalue weighted by molar-refractivity contribution is -0.907. The minimum atomic E-state index is -0.411. The van der Waals surface area contributed by atoms with E-state index in [-0.39, 0.29) is 24.7 Å². The average molecular weight is 419 g/mol. The van der Waals surface area contributed by atoms with Crippen LogP contribution in [0.2, 0.25) is 0 Å². The molecule has 1 fully saturated rings. The summed E-state index contributed by atoms with van der Waals surface area (Å²) in [4.78, 5) is 26.8. The van der Waals surface area contributed by atoms with Crippen LogP contribution in [0.15, 0.2) is 12.1 Å². The molecule has 3 rings (SSSR count). The number of carbonyl (C=O) groups excluding carboxylic acids is 2. The molecule has 1 aromatic heterocycles. The molecule has 1 aromatic carbocycles. The van der Waals surface area contributed by atoms with Crippen molar-refractivity contribution in [2.24, 2.45) is 7.05 Å². The standard InChI is InChI=1S/C22H31N3O5/c1-7-29-22(27)19-15(4)24(5)16-8-9-17(28-6)21(20(16)19)23-18(26)12-25-10-13(2)30-14(3)11-25/h8-9,13-14H,7,10-12H2,1-6H3,(H,23,26)/p+1/t13-,14-/m1/s1. The number of carbonyl (C=O) groups is 2. The molecule has 2 aromatic rings. The van der Waals surface area contributed by atoms with Crippen LogP contribution < -0.4 is 15.0 Å². The number of aryl methyl sites for hydroxylation is 1. The highest BCUT2D eigenvalue weighted by molar-refractivity contribution is 6.14. The summed E-state index contributed by atoms with van der Waals surface area (Å²) in [5.41, 5.74) is 2.55. The van der Waals surface area contributed by atoms with Crippen LogP contribution in [0.5, 0.6) is 5.75 Å². The predicted molar refractivity (Wildman–Crippen MR) is 114 cm³/mol. The molecule has 1 saturated heterocycles. The molecule has 0 radical (unpaired) electrons. The quantitative estimate of drug-likeness (QED) is 0.691. The molecule has 0 saturated carbocycles. The van der Waals surface area contributed by atoms with Crippen LogP contribution in [0.3, 0.4) is 0 Å². The Labute approximate surface area is 177 Å². The van der Waals surface area contributed by atoms with Crippen molar-refractivity contribution in [3.05, 3.63) is 23.4 Å². The summed E-state index contributed by atoms with van der Waals surface area (Å²) in [7, 11) is 3.44. The molecule has 8 nitrogen and oxygen atoms in total. The van der Waals surface area contributed by atoms with Crippen molar-refractivity contribution >= 4 is 28.5 Å². The van der Waals surface area contributed by atoms with Crippen LogP contribution in [-0.4, -0.2) is 62.0 Å². The molecule has 2 heterocycles. The Bertz CT molecular complexity index is 942. The Morgan fingerprint density at radius 2 is 1.93 bits per heavy atom. The van der Waals surface area contributed by atoms with E-state index < -0.39 is 5.97 Å². The Morgan fingerprint density at radius 1 is 1.27 bits per heavy atom. The molecular weight excluding hydrogens is 386 g/mol. The zero-order chi connectivity index (χ0) is 22.0. The number of methoxy groups -OCH3 is 1. The van der Waals surface area contributed by atoms with Gasteiger partial charge in [-0.2, -0.15) is 0 Å². The van der Waals surface area contributed by atoms with E-state index in [0.717, 1.165) is 24.3 Å². The number of ether oxygens (including phenoxy) is 3. The first-order chi connectivity index (χ1) is 14.3. The number of hydrogen-bond acceptors (Lipinski definition) is 5. The largest absolute Gasteiger partial charge is 0.495 e. The number of nitrogens with one attached hydrogen (secondary N) is 2. The highest BCUT2D eigenvalue weighted by Gasteiger charge is 2.29. The van der Waals surface area contributed by atoms with E-state index in [4.69, 9.17) is 14.2 Å². The molecule has 0 aliphatic carbocycles. The zero-order valence-corrected chi connectivity index (χ0v) is 18.6. The molecule has 1 aliphatic rings. The minimum Gasteiger partial charge on any atom is -0.495 e. The van der Waals surface area contributed by atoms with Gasteiger partial charge in [0.15, 0.2) is 6.54 Å². The van der Waals surface area contributed by atoms with Crippen molar-refractivity contribution in [2.75, 3.05) is 38.7 Å². The van der Waals surface area contributed by atoms with Crippen LogP contribution in [0.4, 0.5) is 5.69 Å². The lowest BCUT2D eigenvalue weighted by atomic mass is 10.1. The molecule has 0 bridgehead atoms. The van der Waals surface area contributed by atoms with E-state index in [1.807, 2.05) is 38.5 Å². The molecule has 1 aliphatic heterocycles. The number of morpholine rings is 1. The van der Waals surface area contributed by atoms with Gasteiger partial charge in [-0.3, -0.25) is 4.79 Å². The summed E-state index contributed by atoms with van der Waals surface area (Å²) in [6.45, 7) is 9.83. The van der Waals surface area contributed by atoms with E-state index in [1.54, 1.807) is 20.1 Å². The SMILES string of the molecule is CCOC(=O)c1c(C)n(C)c2ccc(OC)c(NC(=O)C[NH+]3C[C@@H](C)O[C@H](C)C3)c12. The van der Waals surface area contributed by atoms with Gasteiger partial charge in [0.1, 0.15) is 31.0 Å². The maximum absolute atomic E-state index is 13.0. The van der Waals surface area contributed by atoms with Gasteiger partial charge in [0.05, 0.1) is 30.5 Å². The number of hydrogen-bond donors (Lipinski definition) is 2. The summed E-state index contributed by atoms with van der Waals surface area (Å²) < 4.78 is 18.5. The molecule has 0 spiro atoms. The third-order valence-electron chi connectivity index (χ3n) is 5.61. The highest BCUT2D eigenvalue weighted by atomic mass is 16.5. The van der Waals surface area contributed by atoms with Gasteiger partial charge in [-0.15, -0.1) is 0 Å². The van der Waals surface area contributed by atoms with E-state index >= 15 is 0 Å². The van der Waals surface area contributed by atoms with Gasteiger partial charge >= 0.3 is 5.97 Å². The Morgan fingerprint density at radius 3 is 2.53 bits per heavy atom. The van der Waals surface area contributed by atoms with Crippen LogP contribution in [0.25, 0.3) is 10.9 Å². The first-order valence-corrected chi connectivity index (χ1v) is 10.4. The molecular formula is C22H32N3O5+. The topological polar surface area (TPSA) is 83.2 Å². The second-order valence-corrected chi connectivity index (χ2v) is 7.92. The van der Waals surface area contributed by atoms with Crippen LogP contribution >= 0.6 is 0 Å². The van der Waals surface area contributed by atoms with Gasteiger partial charge in [0, 0.05) is 18.1 Å². The third-order valence-corrected chi connectivity index (χ3v) is 5.61. The van der Waals surface area contributed by atoms with Crippen molar-refractivity contribution in [2.45, 2.75) is 39.9 Å². The molecule has 0 unspecified atom stereocenters. The van der Waals surface area contributed by atoms with E-state index in [0.29, 0.717) is 28.9 Å². The smallest absolute Gasteiger partial charge is 0.340 e. The second-order valence-electron chi connectivity index (χ2n) is 7.92. The monoisotopic (exact) mass is 418 g/mol. The fourth-order valence-corrected chi connectivity index (χ4v) is 4.33. The lowest BCUT2D eigenvalue weighted by Gasteiger charge is -2.32. The first kappa shape index (κ1) is 22.1. The van der Waals surface area contributed by atoms with Gasteiger partial charge in [-0.25, -0.2) is 4.79 Å². The summed E-state index contributed by atoms with van der Waals surface area (Å²) >= 11 is 0. The van der Waals surface area contributed by atoms with Gasteiger partial charge in [0.2, 0.25) is 0 Å². The summed E-state index contributed by atoms with van der Waals surface area (Å²) in [6.07, 6.45) is 0.225. The number of rotatable bonds is 6. The maximum Gasteiger partial charge on any atom is 0.340 e. The highest BCUT2D eigenvalue weighted by Crippen LogP contribution is 2.38. The number of nitrogens with zero attached hydrogens (tertiary/aromatic N) is 1. The van der Waals surface area contributed by atoms with E-state index in [1.165, 1.54) is 4.90 Å². The molecule has 1 amide bonds. The molecule has 164 valence electrons. The molecule has 2 atom stereocenters. The van der Waals surface area contributed by atoms with Gasteiger partial charge in [-0.05, 0) is 39.8 Å². The van der Waals surface area contributed by atoms with Gasteiger partial charge in [-0.1, -0.05) is 0 Å². The summed E-state index contributed by atoms with van der Waals surface area (Å²) in [6, 6.07) is 3.69. The number of benzene rings is 1. The second kappa shape index (κ2) is 9.06. The number of fused-ring (bicyclic) bond motifs is 1. The zero-order valence-electron chi connectivity index (χ0n) is 18.6. The molecule has 30 heavy (non-hydrogen) atoms. The number of amides is 1. The summed E-state index contributed by atoms with van der Waals surface area (Å²) in [5.74, 6) is -0.0371. The maximum atomic E-state index is 13.0. The fourth-order valence-electron chi connectivity index (χ4n) is 4.33. The lowest BCUT2D eigenvalue weighted by Crippen LogP contribution is -3.16. The van der Waals surface area contributed by atoms with Crippen LogP contribution in [-0.2, 0) is 21.3 Å². The Hall–Kier alpha value is -2.58. The predicted octanol–water partition coefficient (Wildman–Crippen LogP) is 1.30. The van der Waals surface area contributed by atoms with Crippen molar-refractivity contribution in [1.82, 2.24) is 4.57 Å². The van der Waals surface area contributed by atoms with Crippen molar-refractivity contribution in [3.63, 3.8) is 0 Å². The minimum absolute atomic E-state index is 0.113. The number of anilines is 1. The third kappa shape index (κ3) is 4.29. The fraction of sp³-hybridized carbons (Fsp3) is 0.545. The number of quaternary nitrogens is 1. The summed E-state index contributed by atoms with van der Waals surface area (Å²) in [5, 5.41) is 3.65. The Balaban J connectivity index is 1.98. The van der Waals surface area contributed by atoms with Crippen LogP contribution in [0.1, 0.15) is 36.8 Å². The van der Waals surface area contributed by atoms with Crippen molar-refractivity contribution in [1.29, 1.82) is 0 Å². The molecule has 2 N–H and O–H groups in total. The first-order valence-electron chi connectivity index (χ1n) is 10.4. The van der Waals surface area contributed by atoms with Gasteiger partial charge < -0.3 is 29.0 Å². The molecule has 8 heteroatoms. The normalized spacial score (nSPS) is 21.5. The van der Waals surface area contributed by atoms with Crippen LogP contribution in [0, 0.1) is 6.92 Å². The van der Waals surface area contributed by atoms with E-state index in [2.05, 4.69) is 5.32 Å². The average Bonchev–Trinajstić information content (AvgIpc) is 2.92. The van der Waals surface area contributed by atoms with E-state index in [9.17, 15) is 9.59 Å².